The molecule has 11 heteroatoms. The van der Waals surface area contributed by atoms with E-state index >= 15 is 0 Å². The van der Waals surface area contributed by atoms with E-state index in [1.54, 1.807) is 43.3 Å². The van der Waals surface area contributed by atoms with E-state index in [-0.39, 0.29) is 18.4 Å². The molecule has 9 nitrogen and oxygen atoms in total. The van der Waals surface area contributed by atoms with Crippen molar-refractivity contribution < 1.29 is 19.2 Å². The van der Waals surface area contributed by atoms with E-state index in [1.807, 2.05) is 70.2 Å². The second-order valence-electron chi connectivity index (χ2n) is 14.9. The first-order valence-electron chi connectivity index (χ1n) is 17.6. The topological polar surface area (TPSA) is 93.3 Å². The Balaban J connectivity index is 1.51. The van der Waals surface area contributed by atoms with Crippen molar-refractivity contribution in [1.29, 1.82) is 0 Å². The van der Waals surface area contributed by atoms with Crippen LogP contribution in [-0.2, 0) is 36.7 Å². The van der Waals surface area contributed by atoms with Gasteiger partial charge in [-0.2, -0.15) is 0 Å². The van der Waals surface area contributed by atoms with Crippen LogP contribution in [0.1, 0.15) is 63.6 Å². The molecule has 51 heavy (non-hydrogen) atoms. The third-order valence-corrected chi connectivity index (χ3v) is 11.3. The number of piperidine rings is 1. The third-order valence-electron chi connectivity index (χ3n) is 10.5. The average molecular weight is 735 g/mol. The predicted octanol–water partition coefficient (Wildman–Crippen LogP) is 6.26. The molecule has 1 N–H and O–H groups in total. The molecule has 1 fully saturated rings. The van der Waals surface area contributed by atoms with Gasteiger partial charge >= 0.3 is 11.8 Å². The van der Waals surface area contributed by atoms with Gasteiger partial charge in [-0.05, 0) is 67.1 Å². The number of rotatable bonds is 9. The quantitative estimate of drug-likeness (QED) is 0.262. The van der Waals surface area contributed by atoms with Gasteiger partial charge in [0.25, 0.3) is 0 Å². The molecule has 272 valence electrons. The van der Waals surface area contributed by atoms with Crippen molar-refractivity contribution >= 4 is 52.5 Å². The number of amides is 4. The molecule has 1 spiro atoms. The molecule has 1 atom stereocenters. The van der Waals surface area contributed by atoms with Crippen molar-refractivity contribution in [3.8, 4) is 0 Å². The molecule has 2 aliphatic heterocycles. The largest absolute Gasteiger partial charge is 0.346 e. The Labute approximate surface area is 311 Å². The summed E-state index contributed by atoms with van der Waals surface area (Å²) < 4.78 is 0. The van der Waals surface area contributed by atoms with Crippen LogP contribution in [0.5, 0.6) is 0 Å². The number of nitrogens with one attached hydrogen (secondary N) is 1. The summed E-state index contributed by atoms with van der Waals surface area (Å²) in [5, 5.41) is 3.98. The first kappa shape index (κ1) is 38.3. The van der Waals surface area contributed by atoms with Crippen LogP contribution in [0.2, 0.25) is 10.0 Å². The zero-order chi connectivity index (χ0) is 37.1. The highest BCUT2D eigenvalue weighted by molar-refractivity contribution is 6.42. The number of nitrogens with zero attached hydrogens (tertiary/aromatic N) is 4. The van der Waals surface area contributed by atoms with Crippen LogP contribution in [0.3, 0.4) is 0 Å². The van der Waals surface area contributed by atoms with E-state index in [0.29, 0.717) is 60.3 Å². The van der Waals surface area contributed by atoms with Crippen LogP contribution < -0.4 is 10.2 Å². The summed E-state index contributed by atoms with van der Waals surface area (Å²) in [5.74, 6) is -1.45. The number of hydrogen-bond donors (Lipinski definition) is 1. The fourth-order valence-corrected chi connectivity index (χ4v) is 8.00. The monoisotopic (exact) mass is 733 g/mol. The number of anilines is 1. The van der Waals surface area contributed by atoms with Gasteiger partial charge in [0.2, 0.25) is 11.8 Å². The number of likely N-dealkylation sites (N-methyl/N-ethyl adjacent to an activating group) is 3. The van der Waals surface area contributed by atoms with E-state index in [2.05, 4.69) is 16.3 Å². The SMILES string of the molecule is CCN(C(=O)C(=O)N(C)C(CCN1CCC2(CC1)NC(=O)Cc1ccccc12)(CN(C)C(=O)C(C)(C)C)c1ccc(Cl)c(Cl)c1)c1ccccc1. The summed E-state index contributed by atoms with van der Waals surface area (Å²) in [4.78, 5) is 62.0. The summed E-state index contributed by atoms with van der Waals surface area (Å²) >= 11 is 13.0. The highest BCUT2D eigenvalue weighted by atomic mass is 35.5. The molecule has 0 radical (unpaired) electrons. The number of para-hydroxylation sites is 1. The minimum atomic E-state index is -1.17. The maximum absolute atomic E-state index is 14.5. The van der Waals surface area contributed by atoms with Crippen LogP contribution in [0.15, 0.2) is 72.8 Å². The molecule has 2 heterocycles. The fourth-order valence-electron chi connectivity index (χ4n) is 7.70. The van der Waals surface area contributed by atoms with Gasteiger partial charge in [-0.3, -0.25) is 19.2 Å². The molecule has 3 aromatic rings. The van der Waals surface area contributed by atoms with Gasteiger partial charge in [0, 0.05) is 57.9 Å². The highest BCUT2D eigenvalue weighted by Gasteiger charge is 2.46. The minimum absolute atomic E-state index is 0.0359. The van der Waals surface area contributed by atoms with Crippen LogP contribution in [-0.4, -0.2) is 85.1 Å². The van der Waals surface area contributed by atoms with E-state index in [0.717, 1.165) is 18.4 Å². The summed E-state index contributed by atoms with van der Waals surface area (Å²) in [7, 11) is 3.37. The molecule has 0 bridgehead atoms. The van der Waals surface area contributed by atoms with Crippen LogP contribution in [0.4, 0.5) is 5.69 Å². The Hall–Kier alpha value is -3.92. The smallest absolute Gasteiger partial charge is 0.316 e. The second kappa shape index (κ2) is 15.4. The fraction of sp³-hybridized carbons (Fsp3) is 0.450. The zero-order valence-electron chi connectivity index (χ0n) is 30.5. The number of benzene rings is 3. The van der Waals surface area contributed by atoms with Crippen molar-refractivity contribution in [2.45, 2.75) is 64.5 Å². The van der Waals surface area contributed by atoms with Crippen LogP contribution in [0.25, 0.3) is 0 Å². The standard InChI is InChI=1S/C40H49Cl2N5O4/c1-7-47(30-14-9-8-10-15-30)36(50)35(49)45(6)40(27-44(5)37(51)38(2,3)4,29-17-18-32(41)33(42)26-29)21-24-46-22-19-39(20-23-46)31-16-12-11-13-28(31)25-34(48)43-39/h8-18,26H,7,19-25,27H2,1-6H3,(H,43,48). The number of likely N-dealkylation sites (tertiary alicyclic amines) is 1. The molecule has 5 rings (SSSR count). The molecule has 0 aliphatic carbocycles. The zero-order valence-corrected chi connectivity index (χ0v) is 32.0. The normalized spacial score (nSPS) is 16.8. The van der Waals surface area contributed by atoms with Crippen molar-refractivity contribution in [1.82, 2.24) is 20.0 Å². The average Bonchev–Trinajstić information content (AvgIpc) is 3.11. The molecule has 4 amide bonds. The molecule has 3 aromatic carbocycles. The van der Waals surface area contributed by atoms with E-state index in [9.17, 15) is 19.2 Å². The molecule has 1 unspecified atom stereocenters. The van der Waals surface area contributed by atoms with E-state index in [1.165, 1.54) is 15.4 Å². The van der Waals surface area contributed by atoms with Gasteiger partial charge < -0.3 is 24.9 Å². The molecular formula is C40H49Cl2N5O4. The minimum Gasteiger partial charge on any atom is -0.346 e. The lowest BCUT2D eigenvalue weighted by molar-refractivity contribution is -0.151. The lowest BCUT2D eigenvalue weighted by Crippen LogP contribution is -2.60. The first-order chi connectivity index (χ1) is 24.1. The maximum atomic E-state index is 14.5. The van der Waals surface area contributed by atoms with Crippen molar-refractivity contribution in [3.63, 3.8) is 0 Å². The maximum Gasteiger partial charge on any atom is 0.316 e. The highest BCUT2D eigenvalue weighted by Crippen LogP contribution is 2.40. The van der Waals surface area contributed by atoms with Crippen molar-refractivity contribution in [2.24, 2.45) is 5.41 Å². The van der Waals surface area contributed by atoms with Crippen molar-refractivity contribution in [2.75, 3.05) is 51.7 Å². The number of halogens is 2. The lowest BCUT2D eigenvalue weighted by Gasteiger charge is -2.48. The van der Waals surface area contributed by atoms with Gasteiger partial charge in [0.1, 0.15) is 0 Å². The van der Waals surface area contributed by atoms with Gasteiger partial charge in [-0.15, -0.1) is 0 Å². The number of carbonyl (C=O) groups excluding carboxylic acids is 4. The molecular weight excluding hydrogens is 685 g/mol. The van der Waals surface area contributed by atoms with Crippen LogP contribution >= 0.6 is 23.2 Å². The van der Waals surface area contributed by atoms with Crippen LogP contribution in [0, 0.1) is 5.41 Å². The van der Waals surface area contributed by atoms with Crippen molar-refractivity contribution in [3.05, 3.63) is 99.5 Å². The Morgan fingerprint density at radius 1 is 0.882 bits per heavy atom. The Morgan fingerprint density at radius 2 is 1.53 bits per heavy atom. The summed E-state index contributed by atoms with van der Waals surface area (Å²) in [6.45, 7) is 9.76. The van der Waals surface area contributed by atoms with E-state index in [4.69, 9.17) is 23.2 Å². The van der Waals surface area contributed by atoms with E-state index < -0.39 is 28.3 Å². The summed E-state index contributed by atoms with van der Waals surface area (Å²) in [6, 6.07) is 22.5. The third kappa shape index (κ3) is 7.96. The Kier molecular flexibility index (Phi) is 11.5. The molecule has 0 aromatic heterocycles. The number of fused-ring (bicyclic) bond motifs is 2. The lowest BCUT2D eigenvalue weighted by atomic mass is 9.75. The number of carbonyl (C=O) groups is 4. The molecule has 1 saturated heterocycles. The summed E-state index contributed by atoms with van der Waals surface area (Å²) in [5.41, 5.74) is 1.24. The summed E-state index contributed by atoms with van der Waals surface area (Å²) in [6.07, 6.45) is 2.23. The molecule has 0 saturated carbocycles. The van der Waals surface area contributed by atoms with Gasteiger partial charge in [0.05, 0.1) is 27.5 Å². The predicted molar refractivity (Wildman–Crippen MR) is 203 cm³/mol. The Morgan fingerprint density at radius 3 is 2.16 bits per heavy atom. The second-order valence-corrected chi connectivity index (χ2v) is 15.7. The number of hydrogen-bond acceptors (Lipinski definition) is 5. The first-order valence-corrected chi connectivity index (χ1v) is 18.3. The van der Waals surface area contributed by atoms with Gasteiger partial charge in [-0.1, -0.05) is 92.5 Å². The van der Waals surface area contributed by atoms with Gasteiger partial charge in [0.15, 0.2) is 0 Å². The molecule has 2 aliphatic rings. The Bertz CT molecular complexity index is 1770. The van der Waals surface area contributed by atoms with Gasteiger partial charge in [-0.25, -0.2) is 0 Å².